The molecule has 6 nitrogen and oxygen atoms in total. The van der Waals surface area contributed by atoms with E-state index in [1.807, 2.05) is 0 Å². The summed E-state index contributed by atoms with van der Waals surface area (Å²) in [4.78, 5) is 24.9. The van der Waals surface area contributed by atoms with Gasteiger partial charge in [-0.3, -0.25) is 9.59 Å². The van der Waals surface area contributed by atoms with Gasteiger partial charge in [-0.1, -0.05) is 12.8 Å². The molecule has 1 aromatic rings. The third kappa shape index (κ3) is 3.45. The summed E-state index contributed by atoms with van der Waals surface area (Å²) in [6.45, 7) is -0.352. The van der Waals surface area contributed by atoms with E-state index in [1.165, 1.54) is 24.1 Å². The van der Waals surface area contributed by atoms with Crippen molar-refractivity contribution in [3.8, 4) is 11.5 Å². The highest BCUT2D eigenvalue weighted by molar-refractivity contribution is 5.98. The van der Waals surface area contributed by atoms with Crippen molar-refractivity contribution in [2.45, 2.75) is 31.7 Å². The highest BCUT2D eigenvalue weighted by atomic mass is 16.5. The molecule has 1 saturated carbocycles. The molecule has 6 heteroatoms. The third-order valence-electron chi connectivity index (χ3n) is 3.77. The number of benzene rings is 1. The maximum Gasteiger partial charge on any atom is 0.323 e. The van der Waals surface area contributed by atoms with Crippen molar-refractivity contribution in [2.75, 3.05) is 13.7 Å². The van der Waals surface area contributed by atoms with Crippen LogP contribution in [0.1, 0.15) is 36.0 Å². The lowest BCUT2D eigenvalue weighted by molar-refractivity contribution is -0.138. The molecule has 0 bridgehead atoms. The Labute approximate surface area is 122 Å². The quantitative estimate of drug-likeness (QED) is 0.865. The van der Waals surface area contributed by atoms with Gasteiger partial charge >= 0.3 is 5.97 Å². The van der Waals surface area contributed by atoms with Crippen LogP contribution in [0.25, 0.3) is 0 Å². The molecule has 0 aromatic heterocycles. The zero-order valence-corrected chi connectivity index (χ0v) is 11.9. The zero-order chi connectivity index (χ0) is 15.4. The number of nitrogens with zero attached hydrogens (tertiary/aromatic N) is 1. The van der Waals surface area contributed by atoms with Gasteiger partial charge < -0.3 is 19.8 Å². The lowest BCUT2D eigenvalue weighted by Gasteiger charge is -2.27. The SMILES string of the molecule is COc1ccc(C(=O)N(CC(=O)O)C2CCCC2)c(O)c1. The molecule has 21 heavy (non-hydrogen) atoms. The average molecular weight is 293 g/mol. The van der Waals surface area contributed by atoms with E-state index in [0.717, 1.165) is 25.7 Å². The molecule has 1 amide bonds. The largest absolute Gasteiger partial charge is 0.507 e. The first kappa shape index (κ1) is 15.2. The second kappa shape index (κ2) is 6.47. The van der Waals surface area contributed by atoms with Crippen molar-refractivity contribution in [1.82, 2.24) is 4.90 Å². The topological polar surface area (TPSA) is 87.1 Å². The van der Waals surface area contributed by atoms with E-state index < -0.39 is 11.9 Å². The minimum Gasteiger partial charge on any atom is -0.507 e. The lowest BCUT2D eigenvalue weighted by Crippen LogP contribution is -2.42. The number of phenols is 1. The summed E-state index contributed by atoms with van der Waals surface area (Å²) < 4.78 is 4.98. The van der Waals surface area contributed by atoms with Gasteiger partial charge in [0.2, 0.25) is 0 Å². The molecule has 0 unspecified atom stereocenters. The summed E-state index contributed by atoms with van der Waals surface area (Å²) in [5.41, 5.74) is 0.101. The highest BCUT2D eigenvalue weighted by Crippen LogP contribution is 2.29. The normalized spacial score (nSPS) is 14.9. The van der Waals surface area contributed by atoms with Gasteiger partial charge in [0.1, 0.15) is 18.0 Å². The number of carboxylic acid groups (broad SMARTS) is 1. The van der Waals surface area contributed by atoms with E-state index in [-0.39, 0.29) is 23.9 Å². The van der Waals surface area contributed by atoms with Gasteiger partial charge in [-0.25, -0.2) is 0 Å². The molecule has 1 fully saturated rings. The number of phenolic OH excluding ortho intramolecular Hbond substituents is 1. The van der Waals surface area contributed by atoms with Crippen LogP contribution in [0.15, 0.2) is 18.2 Å². The van der Waals surface area contributed by atoms with Crippen molar-refractivity contribution >= 4 is 11.9 Å². The summed E-state index contributed by atoms with van der Waals surface area (Å²) in [7, 11) is 1.46. The predicted molar refractivity (Wildman–Crippen MR) is 75.6 cm³/mol. The first-order chi connectivity index (χ1) is 10.0. The summed E-state index contributed by atoms with van der Waals surface area (Å²) in [5, 5.41) is 19.0. The maximum atomic E-state index is 12.5. The Hall–Kier alpha value is -2.24. The van der Waals surface area contributed by atoms with Gasteiger partial charge in [-0.05, 0) is 25.0 Å². The molecule has 0 atom stereocenters. The van der Waals surface area contributed by atoms with Gasteiger partial charge in [-0.2, -0.15) is 0 Å². The Bertz CT molecular complexity index is 537. The van der Waals surface area contributed by atoms with Crippen LogP contribution < -0.4 is 4.74 Å². The molecule has 1 aliphatic rings. The number of methoxy groups -OCH3 is 1. The number of ether oxygens (including phenoxy) is 1. The van der Waals surface area contributed by atoms with Gasteiger partial charge in [0.25, 0.3) is 5.91 Å². The number of amides is 1. The standard InChI is InChI=1S/C15H19NO5/c1-21-11-6-7-12(13(17)8-11)15(20)16(9-14(18)19)10-4-2-3-5-10/h6-8,10,17H,2-5,9H2,1H3,(H,18,19). The molecule has 0 spiro atoms. The maximum absolute atomic E-state index is 12.5. The van der Waals surface area contributed by atoms with Crippen molar-refractivity contribution in [3.63, 3.8) is 0 Å². The van der Waals surface area contributed by atoms with Crippen molar-refractivity contribution in [2.24, 2.45) is 0 Å². The van der Waals surface area contributed by atoms with E-state index in [2.05, 4.69) is 0 Å². The summed E-state index contributed by atoms with van der Waals surface area (Å²) in [5.74, 6) is -1.27. The van der Waals surface area contributed by atoms with Crippen LogP contribution in [-0.2, 0) is 4.79 Å². The van der Waals surface area contributed by atoms with Crippen molar-refractivity contribution < 1.29 is 24.5 Å². The molecular formula is C15H19NO5. The first-order valence-electron chi connectivity index (χ1n) is 6.92. The Morgan fingerprint density at radius 2 is 2.00 bits per heavy atom. The number of carboxylic acids is 1. The summed E-state index contributed by atoms with van der Waals surface area (Å²) in [6.07, 6.45) is 3.58. The summed E-state index contributed by atoms with van der Waals surface area (Å²) >= 11 is 0. The van der Waals surface area contributed by atoms with E-state index >= 15 is 0 Å². The fourth-order valence-corrected chi connectivity index (χ4v) is 2.70. The Balaban J connectivity index is 2.26. The molecule has 1 aromatic carbocycles. The minimum absolute atomic E-state index is 0.0740. The molecule has 2 rings (SSSR count). The van der Waals surface area contributed by atoms with E-state index in [4.69, 9.17) is 9.84 Å². The van der Waals surface area contributed by atoms with Gasteiger partial charge in [0.05, 0.1) is 12.7 Å². The number of hydrogen-bond donors (Lipinski definition) is 2. The molecule has 0 saturated heterocycles. The molecule has 2 N–H and O–H groups in total. The van der Waals surface area contributed by atoms with Crippen LogP contribution in [0.5, 0.6) is 11.5 Å². The monoisotopic (exact) mass is 293 g/mol. The minimum atomic E-state index is -1.05. The van der Waals surface area contributed by atoms with E-state index in [9.17, 15) is 14.7 Å². The fourth-order valence-electron chi connectivity index (χ4n) is 2.70. The molecule has 0 radical (unpaired) electrons. The summed E-state index contributed by atoms with van der Waals surface area (Å²) in [6, 6.07) is 4.30. The number of carbonyl (C=O) groups is 2. The number of aliphatic carboxylic acids is 1. The van der Waals surface area contributed by atoms with Crippen LogP contribution >= 0.6 is 0 Å². The zero-order valence-electron chi connectivity index (χ0n) is 11.9. The van der Waals surface area contributed by atoms with Crippen molar-refractivity contribution in [1.29, 1.82) is 0 Å². The Morgan fingerprint density at radius 1 is 1.33 bits per heavy atom. The second-order valence-corrected chi connectivity index (χ2v) is 5.15. The van der Waals surface area contributed by atoms with E-state index in [0.29, 0.717) is 5.75 Å². The predicted octanol–water partition coefficient (Wildman–Crippen LogP) is 1.87. The third-order valence-corrected chi connectivity index (χ3v) is 3.77. The highest BCUT2D eigenvalue weighted by Gasteiger charge is 2.30. The molecule has 0 heterocycles. The van der Waals surface area contributed by atoms with Gasteiger partial charge in [0.15, 0.2) is 0 Å². The Kier molecular flexibility index (Phi) is 4.67. The molecule has 0 aliphatic heterocycles. The second-order valence-electron chi connectivity index (χ2n) is 5.15. The number of aromatic hydroxyl groups is 1. The van der Waals surface area contributed by atoms with E-state index in [1.54, 1.807) is 6.07 Å². The first-order valence-corrected chi connectivity index (χ1v) is 6.92. The Morgan fingerprint density at radius 3 is 2.52 bits per heavy atom. The molecule has 1 aliphatic carbocycles. The molecular weight excluding hydrogens is 274 g/mol. The van der Waals surface area contributed by atoms with Gasteiger partial charge in [-0.15, -0.1) is 0 Å². The van der Waals surface area contributed by atoms with Crippen LogP contribution in [0.4, 0.5) is 0 Å². The number of rotatable bonds is 5. The number of hydrogen-bond acceptors (Lipinski definition) is 4. The lowest BCUT2D eigenvalue weighted by atomic mass is 10.1. The van der Waals surface area contributed by atoms with Gasteiger partial charge in [0, 0.05) is 12.1 Å². The average Bonchev–Trinajstić information content (AvgIpc) is 2.97. The van der Waals surface area contributed by atoms with Crippen LogP contribution in [0, 0.1) is 0 Å². The molecule has 114 valence electrons. The number of carbonyl (C=O) groups excluding carboxylic acids is 1. The van der Waals surface area contributed by atoms with Crippen LogP contribution in [0.2, 0.25) is 0 Å². The van der Waals surface area contributed by atoms with Crippen molar-refractivity contribution in [3.05, 3.63) is 23.8 Å². The fraction of sp³-hybridized carbons (Fsp3) is 0.467. The van der Waals surface area contributed by atoms with Crippen LogP contribution in [0.3, 0.4) is 0 Å². The smallest absolute Gasteiger partial charge is 0.323 e. The van der Waals surface area contributed by atoms with Crippen LogP contribution in [-0.4, -0.2) is 46.7 Å².